The van der Waals surface area contributed by atoms with E-state index < -0.39 is 23.5 Å². The zero-order chi connectivity index (χ0) is 13.7. The average molecular weight is 262 g/mol. The van der Waals surface area contributed by atoms with Gasteiger partial charge in [-0.3, -0.25) is 0 Å². The summed E-state index contributed by atoms with van der Waals surface area (Å²) >= 11 is 0. The van der Waals surface area contributed by atoms with Crippen LogP contribution in [-0.4, -0.2) is 43.8 Å². The van der Waals surface area contributed by atoms with Gasteiger partial charge >= 0.3 is 0 Å². The van der Waals surface area contributed by atoms with Crippen LogP contribution in [0, 0.1) is 17.5 Å². The lowest BCUT2D eigenvalue weighted by molar-refractivity contribution is 0.239. The lowest BCUT2D eigenvalue weighted by Crippen LogP contribution is -2.31. The summed E-state index contributed by atoms with van der Waals surface area (Å²) in [5, 5.41) is 12.1. The van der Waals surface area contributed by atoms with Crippen LogP contribution in [0.3, 0.4) is 0 Å². The normalized spacial score (nSPS) is 13.1. The van der Waals surface area contributed by atoms with Crippen LogP contribution in [0.25, 0.3) is 0 Å². The molecule has 0 radical (unpaired) electrons. The van der Waals surface area contributed by atoms with Gasteiger partial charge in [-0.1, -0.05) is 0 Å². The molecule has 0 saturated carbocycles. The van der Waals surface area contributed by atoms with Crippen molar-refractivity contribution in [2.75, 3.05) is 33.8 Å². The standard InChI is InChI=1S/C12H17F3N2O/c1-17(2)4-3-16-11(7-18)8-5-9(13)12(15)10(14)6-8/h5-6,11,16,18H,3-4,7H2,1-2H3. The summed E-state index contributed by atoms with van der Waals surface area (Å²) in [5.41, 5.74) is 0.188. The number of halogens is 3. The number of hydrogen-bond acceptors (Lipinski definition) is 3. The van der Waals surface area contributed by atoms with Gasteiger partial charge in [-0.25, -0.2) is 13.2 Å². The van der Waals surface area contributed by atoms with Gasteiger partial charge in [-0.2, -0.15) is 0 Å². The fraction of sp³-hybridized carbons (Fsp3) is 0.500. The molecule has 1 aromatic carbocycles. The van der Waals surface area contributed by atoms with Crippen molar-refractivity contribution >= 4 is 0 Å². The molecule has 2 N–H and O–H groups in total. The van der Waals surface area contributed by atoms with E-state index in [2.05, 4.69) is 5.32 Å². The lowest BCUT2D eigenvalue weighted by atomic mass is 10.1. The van der Waals surface area contributed by atoms with Crippen LogP contribution in [0.15, 0.2) is 12.1 Å². The predicted octanol–water partition coefficient (Wildman–Crippen LogP) is 1.29. The van der Waals surface area contributed by atoms with Gasteiger partial charge in [0.25, 0.3) is 0 Å². The van der Waals surface area contributed by atoms with E-state index >= 15 is 0 Å². The minimum atomic E-state index is -1.50. The smallest absolute Gasteiger partial charge is 0.194 e. The van der Waals surface area contributed by atoms with Crippen molar-refractivity contribution in [2.45, 2.75) is 6.04 Å². The maximum Gasteiger partial charge on any atom is 0.194 e. The van der Waals surface area contributed by atoms with E-state index in [0.717, 1.165) is 12.1 Å². The van der Waals surface area contributed by atoms with Gasteiger partial charge in [0.1, 0.15) is 0 Å². The van der Waals surface area contributed by atoms with E-state index in [1.54, 1.807) is 0 Å². The Labute approximate surface area is 104 Å². The van der Waals surface area contributed by atoms with Crippen LogP contribution in [0.5, 0.6) is 0 Å². The molecule has 0 saturated heterocycles. The van der Waals surface area contributed by atoms with Crippen molar-refractivity contribution in [3.63, 3.8) is 0 Å². The first-order valence-corrected chi connectivity index (χ1v) is 5.59. The highest BCUT2D eigenvalue weighted by atomic mass is 19.2. The summed E-state index contributed by atoms with van der Waals surface area (Å²) < 4.78 is 38.9. The molecule has 1 aromatic rings. The highest BCUT2D eigenvalue weighted by molar-refractivity contribution is 5.22. The van der Waals surface area contributed by atoms with Gasteiger partial charge in [-0.15, -0.1) is 0 Å². The molecule has 18 heavy (non-hydrogen) atoms. The van der Waals surface area contributed by atoms with Crippen molar-refractivity contribution < 1.29 is 18.3 Å². The van der Waals surface area contributed by atoms with E-state index in [1.165, 1.54) is 0 Å². The molecular formula is C12H17F3N2O. The summed E-state index contributed by atoms with van der Waals surface area (Å²) in [5.74, 6) is -4.00. The molecule has 1 atom stereocenters. The number of nitrogens with zero attached hydrogens (tertiary/aromatic N) is 1. The Kier molecular flexibility index (Phi) is 5.58. The maximum absolute atomic E-state index is 13.1. The topological polar surface area (TPSA) is 35.5 Å². The Morgan fingerprint density at radius 1 is 1.22 bits per heavy atom. The van der Waals surface area contributed by atoms with Crippen molar-refractivity contribution in [3.05, 3.63) is 35.1 Å². The molecule has 0 fully saturated rings. The minimum absolute atomic E-state index is 0.188. The predicted molar refractivity (Wildman–Crippen MR) is 62.7 cm³/mol. The summed E-state index contributed by atoms with van der Waals surface area (Å²) in [6.07, 6.45) is 0. The molecule has 3 nitrogen and oxygen atoms in total. The van der Waals surface area contributed by atoms with Crippen LogP contribution in [-0.2, 0) is 0 Å². The van der Waals surface area contributed by atoms with Crippen LogP contribution in [0.4, 0.5) is 13.2 Å². The molecular weight excluding hydrogens is 245 g/mol. The van der Waals surface area contributed by atoms with Crippen molar-refractivity contribution in [1.29, 1.82) is 0 Å². The van der Waals surface area contributed by atoms with E-state index in [9.17, 15) is 18.3 Å². The third-order valence-corrected chi connectivity index (χ3v) is 2.54. The number of aliphatic hydroxyl groups is 1. The summed E-state index contributed by atoms with van der Waals surface area (Å²) in [6, 6.07) is 1.17. The molecule has 1 rings (SSSR count). The molecule has 102 valence electrons. The van der Waals surface area contributed by atoms with Gasteiger partial charge in [-0.05, 0) is 31.8 Å². The monoisotopic (exact) mass is 262 g/mol. The molecule has 0 aliphatic rings. The quantitative estimate of drug-likeness (QED) is 0.758. The summed E-state index contributed by atoms with van der Waals surface area (Å²) in [6.45, 7) is 0.930. The number of aliphatic hydroxyl groups excluding tert-OH is 1. The van der Waals surface area contributed by atoms with Crippen molar-refractivity contribution in [2.24, 2.45) is 0 Å². The second kappa shape index (κ2) is 6.72. The Hall–Kier alpha value is -1.11. The minimum Gasteiger partial charge on any atom is -0.394 e. The first-order chi connectivity index (χ1) is 8.45. The highest BCUT2D eigenvalue weighted by Gasteiger charge is 2.16. The number of nitrogens with one attached hydrogen (secondary N) is 1. The molecule has 0 spiro atoms. The molecule has 6 heteroatoms. The van der Waals surface area contributed by atoms with Gasteiger partial charge in [0, 0.05) is 13.1 Å². The third-order valence-electron chi connectivity index (χ3n) is 2.54. The van der Waals surface area contributed by atoms with Crippen LogP contribution >= 0.6 is 0 Å². The molecule has 0 aromatic heterocycles. The second-order valence-corrected chi connectivity index (χ2v) is 4.29. The zero-order valence-corrected chi connectivity index (χ0v) is 10.4. The SMILES string of the molecule is CN(C)CCNC(CO)c1cc(F)c(F)c(F)c1. The van der Waals surface area contributed by atoms with Crippen LogP contribution < -0.4 is 5.32 Å². The third kappa shape index (κ3) is 3.97. The number of hydrogen-bond donors (Lipinski definition) is 2. The number of likely N-dealkylation sites (N-methyl/N-ethyl adjacent to an activating group) is 1. The van der Waals surface area contributed by atoms with Crippen molar-refractivity contribution in [3.8, 4) is 0 Å². The summed E-state index contributed by atoms with van der Waals surface area (Å²) in [4.78, 5) is 1.92. The first-order valence-electron chi connectivity index (χ1n) is 5.59. The second-order valence-electron chi connectivity index (χ2n) is 4.29. The molecule has 0 heterocycles. The van der Waals surface area contributed by atoms with Gasteiger partial charge < -0.3 is 15.3 Å². The van der Waals surface area contributed by atoms with Crippen molar-refractivity contribution in [1.82, 2.24) is 10.2 Å². The Morgan fingerprint density at radius 2 is 1.78 bits per heavy atom. The van der Waals surface area contributed by atoms with E-state index in [1.807, 2.05) is 19.0 Å². The van der Waals surface area contributed by atoms with Gasteiger partial charge in [0.05, 0.1) is 12.6 Å². The van der Waals surface area contributed by atoms with Crippen LogP contribution in [0.2, 0.25) is 0 Å². The molecule has 0 bridgehead atoms. The summed E-state index contributed by atoms with van der Waals surface area (Å²) in [7, 11) is 3.76. The van der Waals surface area contributed by atoms with E-state index in [4.69, 9.17) is 0 Å². The van der Waals surface area contributed by atoms with E-state index in [-0.39, 0.29) is 12.2 Å². The number of rotatable bonds is 6. The molecule has 0 aliphatic heterocycles. The van der Waals surface area contributed by atoms with E-state index in [0.29, 0.717) is 13.1 Å². The first kappa shape index (κ1) is 14.9. The van der Waals surface area contributed by atoms with Crippen LogP contribution in [0.1, 0.15) is 11.6 Å². The Morgan fingerprint density at radius 3 is 2.22 bits per heavy atom. The van der Waals surface area contributed by atoms with Gasteiger partial charge in [0.15, 0.2) is 17.5 Å². The Bertz CT molecular complexity index is 376. The molecule has 0 amide bonds. The maximum atomic E-state index is 13.1. The molecule has 1 unspecified atom stereocenters. The Balaban J connectivity index is 2.76. The fourth-order valence-electron chi connectivity index (χ4n) is 1.53. The number of benzene rings is 1. The largest absolute Gasteiger partial charge is 0.394 e. The lowest BCUT2D eigenvalue weighted by Gasteiger charge is -2.18. The highest BCUT2D eigenvalue weighted by Crippen LogP contribution is 2.19. The molecule has 0 aliphatic carbocycles. The fourth-order valence-corrected chi connectivity index (χ4v) is 1.53. The average Bonchev–Trinajstić information content (AvgIpc) is 2.30. The zero-order valence-electron chi connectivity index (χ0n) is 10.4. The van der Waals surface area contributed by atoms with Gasteiger partial charge in [0.2, 0.25) is 0 Å².